The van der Waals surface area contributed by atoms with Crippen molar-refractivity contribution in [2.75, 3.05) is 0 Å². The molecule has 0 saturated heterocycles. The first-order valence-corrected chi connectivity index (χ1v) is 8.51. The summed E-state index contributed by atoms with van der Waals surface area (Å²) in [6.07, 6.45) is 1.58. The highest BCUT2D eigenvalue weighted by molar-refractivity contribution is 6.31. The van der Waals surface area contributed by atoms with Crippen LogP contribution in [0.4, 0.5) is 5.69 Å². The van der Waals surface area contributed by atoms with Gasteiger partial charge in [-0.3, -0.25) is 19.3 Å². The fourth-order valence-electron chi connectivity index (χ4n) is 3.18. The van der Waals surface area contributed by atoms with Crippen LogP contribution < -0.4 is 11.2 Å². The third-order valence-corrected chi connectivity index (χ3v) is 4.55. The van der Waals surface area contributed by atoms with Gasteiger partial charge in [-0.15, -0.1) is 0 Å². The maximum Gasteiger partial charge on any atom is 0.331 e. The van der Waals surface area contributed by atoms with Crippen molar-refractivity contribution in [3.63, 3.8) is 0 Å². The predicted molar refractivity (Wildman–Crippen MR) is 106 cm³/mol. The van der Waals surface area contributed by atoms with E-state index >= 15 is 0 Å². The molecule has 0 aliphatic carbocycles. The first-order chi connectivity index (χ1) is 13.0. The second-order valence-electron chi connectivity index (χ2n) is 6.34. The number of benzene rings is 2. The number of rotatable bonds is 3. The smallest absolute Gasteiger partial charge is 0.331 e. The predicted octanol–water partition coefficient (Wildman–Crippen LogP) is 2.94. The Bertz CT molecular complexity index is 1200. The number of allylic oxidation sites excluding steroid dienone is 1. The second-order valence-corrected chi connectivity index (χ2v) is 6.34. The molecule has 1 aliphatic rings. The molecule has 134 valence electrons. The largest absolute Gasteiger partial charge is 0.494 e. The van der Waals surface area contributed by atoms with Crippen molar-refractivity contribution in [2.24, 2.45) is 4.99 Å². The van der Waals surface area contributed by atoms with Crippen LogP contribution in [0.1, 0.15) is 23.6 Å². The molecule has 6 nitrogen and oxygen atoms in total. The van der Waals surface area contributed by atoms with E-state index in [9.17, 15) is 14.7 Å². The highest BCUT2D eigenvalue weighted by atomic mass is 16.3. The van der Waals surface area contributed by atoms with Crippen molar-refractivity contribution in [1.82, 2.24) is 9.55 Å². The van der Waals surface area contributed by atoms with E-state index in [4.69, 9.17) is 0 Å². The fourth-order valence-corrected chi connectivity index (χ4v) is 3.18. The van der Waals surface area contributed by atoms with Crippen molar-refractivity contribution in [3.8, 4) is 5.88 Å². The number of nitrogens with zero attached hydrogens (tertiary/aromatic N) is 2. The van der Waals surface area contributed by atoms with Crippen molar-refractivity contribution in [2.45, 2.75) is 13.5 Å². The van der Waals surface area contributed by atoms with Crippen LogP contribution in [0.5, 0.6) is 5.88 Å². The number of nitrogens with one attached hydrogen (secondary N) is 1. The standard InChI is InChI=1S/C21H17N3O3/c1-13-16(15-9-5-6-10-18(15)22-13)11-17-19(25)23-21(27)24(20(17)26)12-14-7-3-2-4-8-14/h2-11,26H,12H2,1H3,(H,23,25,27)/b16-11+. The summed E-state index contributed by atoms with van der Waals surface area (Å²) in [6.45, 7) is 2.00. The Labute approximate surface area is 154 Å². The van der Waals surface area contributed by atoms with Crippen molar-refractivity contribution in [3.05, 3.63) is 92.1 Å². The molecule has 2 N–H and O–H groups in total. The molecule has 0 atom stereocenters. The number of hydrogen-bond donors (Lipinski definition) is 2. The number of aliphatic imine (C=N–C) groups is 1. The summed E-state index contributed by atoms with van der Waals surface area (Å²) in [6, 6.07) is 16.8. The van der Waals surface area contributed by atoms with Crippen LogP contribution in [0.3, 0.4) is 0 Å². The third-order valence-electron chi connectivity index (χ3n) is 4.55. The Morgan fingerprint density at radius 3 is 2.56 bits per heavy atom. The van der Waals surface area contributed by atoms with Crippen LogP contribution in [0.25, 0.3) is 11.6 Å². The number of H-pyrrole nitrogens is 1. The Hall–Kier alpha value is -3.67. The highest BCUT2D eigenvalue weighted by Gasteiger charge is 2.20. The van der Waals surface area contributed by atoms with E-state index in [1.54, 1.807) is 6.08 Å². The van der Waals surface area contributed by atoms with Crippen molar-refractivity contribution >= 4 is 23.0 Å². The lowest BCUT2D eigenvalue weighted by atomic mass is 10.0. The maximum absolute atomic E-state index is 12.4. The number of aromatic nitrogens is 2. The van der Waals surface area contributed by atoms with Gasteiger partial charge in [0, 0.05) is 16.8 Å². The monoisotopic (exact) mass is 359 g/mol. The molecule has 0 amide bonds. The zero-order valence-electron chi connectivity index (χ0n) is 14.6. The van der Waals surface area contributed by atoms with Gasteiger partial charge in [0.15, 0.2) is 0 Å². The van der Waals surface area contributed by atoms with E-state index < -0.39 is 11.2 Å². The van der Waals surface area contributed by atoms with Gasteiger partial charge in [0.25, 0.3) is 5.56 Å². The Kier molecular flexibility index (Phi) is 4.08. The van der Waals surface area contributed by atoms with E-state index in [1.807, 2.05) is 61.5 Å². The maximum atomic E-state index is 12.4. The van der Waals surface area contributed by atoms with E-state index in [0.29, 0.717) is 0 Å². The average Bonchev–Trinajstić information content (AvgIpc) is 2.98. The summed E-state index contributed by atoms with van der Waals surface area (Å²) < 4.78 is 1.15. The van der Waals surface area contributed by atoms with Gasteiger partial charge in [0.1, 0.15) is 5.56 Å². The SMILES string of the molecule is CC1=Nc2ccccc2/C1=C/c1c(O)n(Cc2ccccc2)c(=O)[nH]c1=O. The molecule has 0 radical (unpaired) electrons. The Balaban J connectivity index is 1.85. The van der Waals surface area contributed by atoms with Crippen LogP contribution in [0, 0.1) is 0 Å². The van der Waals surface area contributed by atoms with Crippen LogP contribution in [-0.2, 0) is 6.54 Å². The first kappa shape index (κ1) is 16.8. The molecule has 0 unspecified atom stereocenters. The molecule has 27 heavy (non-hydrogen) atoms. The lowest BCUT2D eigenvalue weighted by Gasteiger charge is -2.10. The van der Waals surface area contributed by atoms with Gasteiger partial charge in [-0.2, -0.15) is 0 Å². The fraction of sp³-hybridized carbons (Fsp3) is 0.0952. The van der Waals surface area contributed by atoms with E-state index in [1.165, 1.54) is 0 Å². The second kappa shape index (κ2) is 6.57. The Morgan fingerprint density at radius 2 is 1.78 bits per heavy atom. The van der Waals surface area contributed by atoms with Crippen LogP contribution >= 0.6 is 0 Å². The number of fused-ring (bicyclic) bond motifs is 1. The molecule has 2 aromatic carbocycles. The van der Waals surface area contributed by atoms with Gasteiger partial charge < -0.3 is 5.11 Å². The van der Waals surface area contributed by atoms with Gasteiger partial charge in [0.05, 0.1) is 12.2 Å². The van der Waals surface area contributed by atoms with Crippen molar-refractivity contribution in [1.29, 1.82) is 0 Å². The zero-order valence-corrected chi connectivity index (χ0v) is 14.6. The molecule has 4 rings (SSSR count). The normalized spacial score (nSPS) is 14.3. The number of para-hydroxylation sites is 1. The summed E-state index contributed by atoms with van der Waals surface area (Å²) >= 11 is 0. The molecule has 0 spiro atoms. The topological polar surface area (TPSA) is 87.4 Å². The van der Waals surface area contributed by atoms with E-state index in [0.717, 1.165) is 32.7 Å². The van der Waals surface area contributed by atoms with Crippen LogP contribution in [0.2, 0.25) is 0 Å². The lowest BCUT2D eigenvalue weighted by molar-refractivity contribution is 0.408. The molecule has 3 aromatic rings. The molecular formula is C21H17N3O3. The third kappa shape index (κ3) is 3.01. The summed E-state index contributed by atoms with van der Waals surface area (Å²) in [4.78, 5) is 31.4. The van der Waals surface area contributed by atoms with Gasteiger partial charge in [-0.25, -0.2) is 4.79 Å². The minimum absolute atomic E-state index is 0.0341. The summed E-state index contributed by atoms with van der Waals surface area (Å²) in [5.74, 6) is -0.364. The van der Waals surface area contributed by atoms with E-state index in [-0.39, 0.29) is 18.0 Å². The Morgan fingerprint density at radius 1 is 1.07 bits per heavy atom. The van der Waals surface area contributed by atoms with Crippen LogP contribution in [0.15, 0.2) is 69.2 Å². The number of aromatic hydroxyl groups is 1. The first-order valence-electron chi connectivity index (χ1n) is 8.51. The molecule has 1 aliphatic heterocycles. The molecule has 6 heteroatoms. The summed E-state index contributed by atoms with van der Waals surface area (Å²) in [5, 5.41) is 10.7. The minimum atomic E-state index is -0.652. The van der Waals surface area contributed by atoms with Crippen LogP contribution in [-0.4, -0.2) is 20.4 Å². The lowest BCUT2D eigenvalue weighted by Crippen LogP contribution is -2.31. The zero-order chi connectivity index (χ0) is 19.0. The molecule has 1 aromatic heterocycles. The van der Waals surface area contributed by atoms with Gasteiger partial charge >= 0.3 is 5.69 Å². The molecular weight excluding hydrogens is 342 g/mol. The number of aromatic amines is 1. The molecule has 0 bridgehead atoms. The van der Waals surface area contributed by atoms with Gasteiger partial charge in [-0.1, -0.05) is 48.5 Å². The van der Waals surface area contributed by atoms with Gasteiger partial charge in [0.2, 0.25) is 5.88 Å². The molecule has 0 saturated carbocycles. The summed E-state index contributed by atoms with van der Waals surface area (Å²) in [7, 11) is 0. The number of hydrogen-bond acceptors (Lipinski definition) is 4. The van der Waals surface area contributed by atoms with E-state index in [2.05, 4.69) is 9.98 Å². The average molecular weight is 359 g/mol. The molecule has 0 fully saturated rings. The molecule has 2 heterocycles. The van der Waals surface area contributed by atoms with Gasteiger partial charge in [-0.05, 0) is 24.6 Å². The summed E-state index contributed by atoms with van der Waals surface area (Å²) in [5.41, 5.74) is 2.78. The quantitative estimate of drug-likeness (QED) is 0.754. The van der Waals surface area contributed by atoms with Crippen molar-refractivity contribution < 1.29 is 5.11 Å². The highest BCUT2D eigenvalue weighted by Crippen LogP contribution is 2.35. The minimum Gasteiger partial charge on any atom is -0.494 e.